The molecule has 0 unspecified atom stereocenters. The molecule has 1 aliphatic heterocycles. The van der Waals surface area contributed by atoms with Crippen molar-refractivity contribution >= 4 is 39.0 Å². The number of phenolic OH excluding ortho intramolecular Hbond substituents is 1. The Hall–Kier alpha value is -3.87. The predicted molar refractivity (Wildman–Crippen MR) is 184 cm³/mol. The molecule has 12 heteroatoms. The highest BCUT2D eigenvalue weighted by atomic mass is 35.5. The van der Waals surface area contributed by atoms with Gasteiger partial charge in [-0.15, -0.1) is 12.4 Å². The van der Waals surface area contributed by atoms with Crippen LogP contribution in [0, 0.1) is 0 Å². The lowest BCUT2D eigenvalue weighted by Crippen LogP contribution is -2.57. The molecule has 0 amide bonds. The van der Waals surface area contributed by atoms with Gasteiger partial charge in [-0.05, 0) is 85.5 Å². The molecule has 5 rings (SSSR count). The maximum Gasteiger partial charge on any atom is 0.329 e. The highest BCUT2D eigenvalue weighted by molar-refractivity contribution is 7.90. The largest absolute Gasteiger partial charge is 0.508 e. The van der Waals surface area contributed by atoms with Crippen LogP contribution < -0.4 is 9.47 Å². The zero-order chi connectivity index (χ0) is 32.8. The molecule has 0 aliphatic carbocycles. The first-order valence-corrected chi connectivity index (χ1v) is 17.1. The summed E-state index contributed by atoms with van der Waals surface area (Å²) in [6, 6.07) is 23.7. The number of rotatable bonds is 13. The SMILES string of the molecule is C[C@@H]1CN(CCOc2ccc(Oc3c(-c4ccc(S(C)(=O)=O)cc4)ccc4cc(O)ccc34)cc2)[C@@H](C)CN1CCOCC(=O)O.Cl. The number of hydrogen-bond acceptors (Lipinski definition) is 9. The fourth-order valence-corrected chi connectivity index (χ4v) is 6.37. The van der Waals surface area contributed by atoms with E-state index < -0.39 is 15.8 Å². The van der Waals surface area contributed by atoms with Crippen LogP contribution in [0.4, 0.5) is 0 Å². The van der Waals surface area contributed by atoms with E-state index in [0.29, 0.717) is 43.3 Å². The third-order valence-corrected chi connectivity index (χ3v) is 9.36. The molecule has 10 nitrogen and oxygen atoms in total. The van der Waals surface area contributed by atoms with E-state index in [2.05, 4.69) is 23.6 Å². The lowest BCUT2D eigenvalue weighted by atomic mass is 9.99. The number of phenols is 1. The molecule has 4 aromatic rings. The molecule has 1 aliphatic rings. The van der Waals surface area contributed by atoms with E-state index in [0.717, 1.165) is 47.3 Å². The smallest absolute Gasteiger partial charge is 0.329 e. The molecule has 2 atom stereocenters. The Labute approximate surface area is 281 Å². The van der Waals surface area contributed by atoms with Gasteiger partial charge in [-0.2, -0.15) is 0 Å². The van der Waals surface area contributed by atoms with E-state index >= 15 is 0 Å². The van der Waals surface area contributed by atoms with Crippen molar-refractivity contribution in [3.8, 4) is 34.1 Å². The molecule has 0 bridgehead atoms. The monoisotopic (exact) mass is 684 g/mol. The third-order valence-electron chi connectivity index (χ3n) is 8.23. The van der Waals surface area contributed by atoms with E-state index in [9.17, 15) is 18.3 Å². The predicted octanol–water partition coefficient (Wildman–Crippen LogP) is 5.70. The minimum absolute atomic E-state index is 0. The van der Waals surface area contributed by atoms with Gasteiger partial charge in [0.2, 0.25) is 0 Å². The number of ether oxygens (including phenoxy) is 3. The number of benzene rings is 4. The average molecular weight is 685 g/mol. The lowest BCUT2D eigenvalue weighted by molar-refractivity contribution is -0.142. The first-order chi connectivity index (χ1) is 22.0. The number of hydrogen-bond donors (Lipinski definition) is 2. The molecule has 0 spiro atoms. The second-order valence-corrected chi connectivity index (χ2v) is 13.7. The van der Waals surface area contributed by atoms with Crippen LogP contribution in [0.5, 0.6) is 23.0 Å². The number of aliphatic carboxylic acids is 1. The summed E-state index contributed by atoms with van der Waals surface area (Å²) in [5, 5.41) is 20.4. The van der Waals surface area contributed by atoms with Gasteiger partial charge in [-0.25, -0.2) is 13.2 Å². The topological polar surface area (TPSA) is 126 Å². The van der Waals surface area contributed by atoms with E-state index in [1.165, 1.54) is 6.26 Å². The number of fused-ring (bicyclic) bond motifs is 1. The van der Waals surface area contributed by atoms with Gasteiger partial charge in [0.15, 0.2) is 9.84 Å². The summed E-state index contributed by atoms with van der Waals surface area (Å²) in [7, 11) is -3.33. The van der Waals surface area contributed by atoms with E-state index in [1.54, 1.807) is 42.5 Å². The van der Waals surface area contributed by atoms with Crippen LogP contribution >= 0.6 is 12.4 Å². The Bertz CT molecular complexity index is 1770. The van der Waals surface area contributed by atoms with Gasteiger partial charge < -0.3 is 24.4 Å². The van der Waals surface area contributed by atoms with Crippen LogP contribution in [0.15, 0.2) is 83.8 Å². The number of nitrogens with zero attached hydrogens (tertiary/aromatic N) is 2. The summed E-state index contributed by atoms with van der Waals surface area (Å²) in [5.74, 6) is 1.12. The first kappa shape index (κ1) is 36.0. The maximum absolute atomic E-state index is 12.0. The van der Waals surface area contributed by atoms with Gasteiger partial charge in [0, 0.05) is 55.5 Å². The molecular weight excluding hydrogens is 644 g/mol. The Morgan fingerprint density at radius 3 is 2.09 bits per heavy atom. The molecule has 252 valence electrons. The second-order valence-electron chi connectivity index (χ2n) is 11.7. The van der Waals surface area contributed by atoms with Crippen LogP contribution in [0.1, 0.15) is 13.8 Å². The van der Waals surface area contributed by atoms with Crippen LogP contribution in [0.25, 0.3) is 21.9 Å². The number of aromatic hydroxyl groups is 1. The van der Waals surface area contributed by atoms with Crippen molar-refractivity contribution in [3.63, 3.8) is 0 Å². The van der Waals surface area contributed by atoms with E-state index in [4.69, 9.17) is 19.3 Å². The van der Waals surface area contributed by atoms with Crippen molar-refractivity contribution in [3.05, 3.63) is 78.9 Å². The fourth-order valence-electron chi connectivity index (χ4n) is 5.74. The standard InChI is InChI=1S/C35H40N2O8S.ClH/c1-24-22-37(25(2)21-36(24)16-18-43-23-34(39)40)17-19-44-29-8-10-30(11-9-29)45-35-32(14-6-27-20-28(38)7-15-33(27)35)26-4-12-31(13-5-26)46(3,41)42;/h4-15,20,24-25,38H,16-19,21-23H2,1-3H3,(H,39,40);1H/t24-,25+;/m1./s1. The van der Waals surface area contributed by atoms with E-state index in [-0.39, 0.29) is 29.7 Å². The molecule has 1 fully saturated rings. The molecule has 47 heavy (non-hydrogen) atoms. The van der Waals surface area contributed by atoms with Crippen molar-refractivity contribution < 1.29 is 37.6 Å². The summed E-state index contributed by atoms with van der Waals surface area (Å²) in [6.07, 6.45) is 1.18. The van der Waals surface area contributed by atoms with Gasteiger partial charge in [0.05, 0.1) is 11.5 Å². The molecule has 0 radical (unpaired) electrons. The molecule has 2 N–H and O–H groups in total. The zero-order valence-corrected chi connectivity index (χ0v) is 28.3. The van der Waals surface area contributed by atoms with Crippen LogP contribution in [0.2, 0.25) is 0 Å². The number of halogens is 1. The Morgan fingerprint density at radius 2 is 1.47 bits per heavy atom. The molecule has 1 saturated heterocycles. The Morgan fingerprint density at radius 1 is 0.851 bits per heavy atom. The van der Waals surface area contributed by atoms with Gasteiger partial charge in [0.25, 0.3) is 0 Å². The van der Waals surface area contributed by atoms with Crippen molar-refractivity contribution in [1.82, 2.24) is 9.80 Å². The van der Waals surface area contributed by atoms with E-state index in [1.807, 2.05) is 36.4 Å². The maximum atomic E-state index is 12.0. The lowest BCUT2D eigenvalue weighted by Gasteiger charge is -2.44. The molecular formula is C35H41ClN2O8S. The van der Waals surface area contributed by atoms with Crippen LogP contribution in [-0.2, 0) is 19.4 Å². The van der Waals surface area contributed by atoms with Gasteiger partial charge in [-0.3, -0.25) is 9.80 Å². The summed E-state index contributed by atoms with van der Waals surface area (Å²) in [4.78, 5) is 15.6. The zero-order valence-electron chi connectivity index (χ0n) is 26.7. The minimum Gasteiger partial charge on any atom is -0.508 e. The normalized spacial score (nSPS) is 17.3. The number of sulfone groups is 1. The highest BCUT2D eigenvalue weighted by Gasteiger charge is 2.28. The van der Waals surface area contributed by atoms with Gasteiger partial charge in [-0.1, -0.05) is 18.2 Å². The van der Waals surface area contributed by atoms with Gasteiger partial charge in [0.1, 0.15) is 36.2 Å². The number of piperazine rings is 1. The average Bonchev–Trinajstić information content (AvgIpc) is 3.01. The Kier molecular flexibility index (Phi) is 12.1. The fraction of sp³-hybridized carbons (Fsp3) is 0.343. The molecule has 4 aromatic carbocycles. The molecule has 0 aromatic heterocycles. The molecule has 0 saturated carbocycles. The third kappa shape index (κ3) is 9.36. The quantitative estimate of drug-likeness (QED) is 0.169. The summed E-state index contributed by atoms with van der Waals surface area (Å²) < 4.78 is 41.7. The summed E-state index contributed by atoms with van der Waals surface area (Å²) in [6.45, 7) is 8.26. The number of carbonyl (C=O) groups is 1. The number of carboxylic acids is 1. The van der Waals surface area contributed by atoms with Crippen molar-refractivity contribution in [2.45, 2.75) is 30.8 Å². The number of carboxylic acid groups (broad SMARTS) is 1. The minimum atomic E-state index is -3.33. The summed E-state index contributed by atoms with van der Waals surface area (Å²) >= 11 is 0. The van der Waals surface area contributed by atoms with Crippen LogP contribution in [0.3, 0.4) is 0 Å². The van der Waals surface area contributed by atoms with Crippen molar-refractivity contribution in [1.29, 1.82) is 0 Å². The molecule has 1 heterocycles. The Balaban J connectivity index is 0.00000500. The highest BCUT2D eigenvalue weighted by Crippen LogP contribution is 2.41. The first-order valence-electron chi connectivity index (χ1n) is 15.2. The van der Waals surface area contributed by atoms with Crippen molar-refractivity contribution in [2.75, 3.05) is 52.3 Å². The van der Waals surface area contributed by atoms with Gasteiger partial charge >= 0.3 is 5.97 Å². The van der Waals surface area contributed by atoms with Crippen LogP contribution in [-0.4, -0.2) is 98.7 Å². The summed E-state index contributed by atoms with van der Waals surface area (Å²) in [5.41, 5.74) is 1.59. The second kappa shape index (κ2) is 15.8. The van der Waals surface area contributed by atoms with Crippen molar-refractivity contribution in [2.24, 2.45) is 0 Å².